The van der Waals surface area contributed by atoms with Crippen molar-refractivity contribution >= 4 is 23.1 Å². The van der Waals surface area contributed by atoms with Gasteiger partial charge in [-0.05, 0) is 48.9 Å². The number of aryl methyl sites for hydroxylation is 1. The summed E-state index contributed by atoms with van der Waals surface area (Å²) in [5.41, 5.74) is 3.22. The second-order valence-corrected chi connectivity index (χ2v) is 6.82. The Bertz CT molecular complexity index is 678. The molecule has 116 valence electrons. The lowest BCUT2D eigenvalue weighted by Crippen LogP contribution is -2.24. The van der Waals surface area contributed by atoms with Gasteiger partial charge in [0.15, 0.2) is 0 Å². The van der Waals surface area contributed by atoms with Crippen LogP contribution in [0.15, 0.2) is 23.7 Å². The lowest BCUT2D eigenvalue weighted by atomic mass is 9.95. The minimum atomic E-state index is 0.0441. The van der Waals surface area contributed by atoms with Gasteiger partial charge in [-0.3, -0.25) is 4.79 Å². The molecule has 0 saturated carbocycles. The molecule has 1 aliphatic rings. The number of hydrogen-bond donors (Lipinski definition) is 1. The summed E-state index contributed by atoms with van der Waals surface area (Å²) in [4.78, 5) is 20.1. The molecule has 0 atom stereocenters. The Morgan fingerprint density at radius 1 is 1.36 bits per heavy atom. The third-order valence-electron chi connectivity index (χ3n) is 4.03. The molecule has 0 radical (unpaired) electrons. The fourth-order valence-corrected chi connectivity index (χ4v) is 3.90. The Morgan fingerprint density at radius 3 is 3.00 bits per heavy atom. The van der Waals surface area contributed by atoms with Gasteiger partial charge in [-0.25, -0.2) is 4.98 Å². The molecule has 4 nitrogen and oxygen atoms in total. The van der Waals surface area contributed by atoms with E-state index in [2.05, 4.69) is 10.3 Å². The van der Waals surface area contributed by atoms with E-state index in [4.69, 9.17) is 0 Å². The molecule has 22 heavy (non-hydrogen) atoms. The van der Waals surface area contributed by atoms with Crippen LogP contribution in [0.1, 0.15) is 39.2 Å². The lowest BCUT2D eigenvalue weighted by Gasteiger charge is -2.14. The molecule has 0 aromatic carbocycles. The summed E-state index contributed by atoms with van der Waals surface area (Å²) < 4.78 is 0. The minimum Gasteiger partial charge on any atom is -0.363 e. The zero-order chi connectivity index (χ0) is 15.5. The normalized spacial score (nSPS) is 13.5. The van der Waals surface area contributed by atoms with Crippen molar-refractivity contribution in [3.8, 4) is 0 Å². The molecule has 0 aliphatic heterocycles. The van der Waals surface area contributed by atoms with Gasteiger partial charge in [0, 0.05) is 37.1 Å². The van der Waals surface area contributed by atoms with Gasteiger partial charge < -0.3 is 10.2 Å². The predicted octanol–water partition coefficient (Wildman–Crippen LogP) is 3.02. The second-order valence-electron chi connectivity index (χ2n) is 5.86. The molecule has 3 rings (SSSR count). The van der Waals surface area contributed by atoms with Crippen LogP contribution in [0.25, 0.3) is 0 Å². The topological polar surface area (TPSA) is 45.2 Å². The van der Waals surface area contributed by atoms with Crippen molar-refractivity contribution in [2.45, 2.75) is 32.2 Å². The molecule has 0 spiro atoms. The first kappa shape index (κ1) is 15.0. The molecule has 0 bridgehead atoms. The van der Waals surface area contributed by atoms with E-state index in [1.165, 1.54) is 23.3 Å². The predicted molar refractivity (Wildman–Crippen MR) is 90.7 cm³/mol. The first-order valence-corrected chi connectivity index (χ1v) is 8.53. The third kappa shape index (κ3) is 3.14. The van der Waals surface area contributed by atoms with Gasteiger partial charge in [-0.2, -0.15) is 0 Å². The molecule has 0 saturated heterocycles. The molecular weight excluding hydrogens is 294 g/mol. The quantitative estimate of drug-likeness (QED) is 0.943. The number of thiophene rings is 1. The van der Waals surface area contributed by atoms with Crippen LogP contribution in [-0.4, -0.2) is 25.0 Å². The van der Waals surface area contributed by atoms with Crippen LogP contribution in [0.4, 0.5) is 5.82 Å². The monoisotopic (exact) mass is 315 g/mol. The van der Waals surface area contributed by atoms with Crippen LogP contribution in [0, 0.1) is 0 Å². The number of anilines is 1. The molecule has 2 aromatic rings. The molecule has 1 aliphatic carbocycles. The van der Waals surface area contributed by atoms with Crippen LogP contribution in [0.5, 0.6) is 0 Å². The molecule has 1 amide bonds. The number of nitrogens with one attached hydrogen (secondary N) is 1. The molecule has 1 N–H and O–H groups in total. The number of carbonyl (C=O) groups is 1. The summed E-state index contributed by atoms with van der Waals surface area (Å²) in [6.07, 6.45) is 6.40. The Kier molecular flexibility index (Phi) is 4.43. The van der Waals surface area contributed by atoms with Crippen LogP contribution < -0.4 is 10.2 Å². The Morgan fingerprint density at radius 2 is 2.18 bits per heavy atom. The van der Waals surface area contributed by atoms with Crippen molar-refractivity contribution < 1.29 is 4.79 Å². The Balaban J connectivity index is 1.68. The van der Waals surface area contributed by atoms with Crippen LogP contribution in [-0.2, 0) is 19.4 Å². The summed E-state index contributed by atoms with van der Waals surface area (Å²) in [5.74, 6) is 0.947. The van der Waals surface area contributed by atoms with Crippen molar-refractivity contribution in [2.75, 3.05) is 19.0 Å². The molecule has 2 aromatic heterocycles. The highest BCUT2D eigenvalue weighted by atomic mass is 32.1. The maximum absolute atomic E-state index is 12.4. The van der Waals surface area contributed by atoms with Crippen LogP contribution >= 0.6 is 11.3 Å². The van der Waals surface area contributed by atoms with Gasteiger partial charge in [0.05, 0.1) is 5.56 Å². The van der Waals surface area contributed by atoms with Crippen molar-refractivity contribution in [3.05, 3.63) is 45.3 Å². The number of amides is 1. The fourth-order valence-electron chi connectivity index (χ4n) is 2.78. The van der Waals surface area contributed by atoms with Gasteiger partial charge in [0.2, 0.25) is 0 Å². The Hall–Kier alpha value is -1.88. The Labute approximate surface area is 135 Å². The second kappa shape index (κ2) is 6.48. The molecule has 2 heterocycles. The third-order valence-corrected chi connectivity index (χ3v) is 5.12. The molecule has 5 heteroatoms. The van der Waals surface area contributed by atoms with E-state index in [1.807, 2.05) is 36.5 Å². The fraction of sp³-hybridized carbons (Fsp3) is 0.412. The van der Waals surface area contributed by atoms with Crippen molar-refractivity contribution in [2.24, 2.45) is 0 Å². The highest BCUT2D eigenvalue weighted by Gasteiger charge is 2.19. The van der Waals surface area contributed by atoms with E-state index in [0.717, 1.165) is 29.8 Å². The number of carbonyl (C=O) groups excluding carboxylic acids is 1. The molecule has 0 unspecified atom stereocenters. The first-order chi connectivity index (χ1) is 10.6. The van der Waals surface area contributed by atoms with Gasteiger partial charge in [0.25, 0.3) is 5.91 Å². The lowest BCUT2D eigenvalue weighted by molar-refractivity contribution is 0.0950. The summed E-state index contributed by atoms with van der Waals surface area (Å²) >= 11 is 1.73. The van der Waals surface area contributed by atoms with E-state index in [1.54, 1.807) is 17.5 Å². The van der Waals surface area contributed by atoms with E-state index in [0.29, 0.717) is 6.54 Å². The number of rotatable bonds is 4. The standard InChI is InChI=1S/C17H21N3OS/c1-20(2)16-9-12(7-8-18-16)10-19-17(21)14-11-22-15-6-4-3-5-13(14)15/h7-9,11H,3-6,10H2,1-2H3,(H,19,21). The highest BCUT2D eigenvalue weighted by molar-refractivity contribution is 7.10. The minimum absolute atomic E-state index is 0.0441. The number of hydrogen-bond acceptors (Lipinski definition) is 4. The van der Waals surface area contributed by atoms with Gasteiger partial charge in [0.1, 0.15) is 5.82 Å². The van der Waals surface area contributed by atoms with Crippen LogP contribution in [0.2, 0.25) is 0 Å². The van der Waals surface area contributed by atoms with Crippen molar-refractivity contribution in [3.63, 3.8) is 0 Å². The van der Waals surface area contributed by atoms with Gasteiger partial charge in [-0.1, -0.05) is 0 Å². The number of nitrogens with zero attached hydrogens (tertiary/aromatic N) is 2. The van der Waals surface area contributed by atoms with Crippen molar-refractivity contribution in [1.29, 1.82) is 0 Å². The van der Waals surface area contributed by atoms with Gasteiger partial charge in [-0.15, -0.1) is 11.3 Å². The zero-order valence-corrected chi connectivity index (χ0v) is 13.9. The SMILES string of the molecule is CN(C)c1cc(CNC(=O)c2csc3c2CCCC3)ccn1. The van der Waals surface area contributed by atoms with E-state index in [9.17, 15) is 4.79 Å². The molecular formula is C17H21N3OS. The zero-order valence-electron chi connectivity index (χ0n) is 13.1. The van der Waals surface area contributed by atoms with Gasteiger partial charge >= 0.3 is 0 Å². The molecule has 0 fully saturated rings. The highest BCUT2D eigenvalue weighted by Crippen LogP contribution is 2.30. The summed E-state index contributed by atoms with van der Waals surface area (Å²) in [7, 11) is 3.92. The van der Waals surface area contributed by atoms with Crippen LogP contribution in [0.3, 0.4) is 0 Å². The van der Waals surface area contributed by atoms with E-state index >= 15 is 0 Å². The first-order valence-electron chi connectivity index (χ1n) is 7.65. The maximum Gasteiger partial charge on any atom is 0.252 e. The van der Waals surface area contributed by atoms with E-state index in [-0.39, 0.29) is 5.91 Å². The average molecular weight is 315 g/mol. The summed E-state index contributed by atoms with van der Waals surface area (Å²) in [5, 5.41) is 5.06. The largest absolute Gasteiger partial charge is 0.363 e. The number of fused-ring (bicyclic) bond motifs is 1. The summed E-state index contributed by atoms with van der Waals surface area (Å²) in [6, 6.07) is 3.94. The maximum atomic E-state index is 12.4. The smallest absolute Gasteiger partial charge is 0.252 e. The summed E-state index contributed by atoms with van der Waals surface area (Å²) in [6.45, 7) is 0.535. The van der Waals surface area contributed by atoms with E-state index < -0.39 is 0 Å². The van der Waals surface area contributed by atoms with Crippen molar-refractivity contribution in [1.82, 2.24) is 10.3 Å². The number of pyridine rings is 1. The average Bonchev–Trinajstić information content (AvgIpc) is 2.97. The number of aromatic nitrogens is 1.